The number of rotatable bonds is 1. The first-order chi connectivity index (χ1) is 7.77. The summed E-state index contributed by atoms with van der Waals surface area (Å²) in [7, 11) is 0. The lowest BCUT2D eigenvalue weighted by Gasteiger charge is -2.24. The molecule has 0 aromatic carbocycles. The summed E-state index contributed by atoms with van der Waals surface area (Å²) in [6, 6.07) is 0. The van der Waals surface area contributed by atoms with Crippen molar-refractivity contribution >= 4 is 5.91 Å². The Balaban J connectivity index is 1.86. The second-order valence-electron chi connectivity index (χ2n) is 5.27. The van der Waals surface area contributed by atoms with Crippen LogP contribution in [0.3, 0.4) is 0 Å². The van der Waals surface area contributed by atoms with Crippen LogP contribution in [0.4, 0.5) is 0 Å². The fourth-order valence-corrected chi connectivity index (χ4v) is 2.90. The van der Waals surface area contributed by atoms with Crippen LogP contribution in [0.1, 0.15) is 51.4 Å². The van der Waals surface area contributed by atoms with Crippen LogP contribution in [0.15, 0.2) is 0 Å². The summed E-state index contributed by atoms with van der Waals surface area (Å²) in [6.07, 6.45) is 8.91. The van der Waals surface area contributed by atoms with Crippen LogP contribution in [0.25, 0.3) is 0 Å². The van der Waals surface area contributed by atoms with Crippen molar-refractivity contribution in [2.75, 3.05) is 13.1 Å². The molecule has 1 aliphatic carbocycles. The van der Waals surface area contributed by atoms with Gasteiger partial charge in [-0.1, -0.05) is 32.1 Å². The zero-order valence-electron chi connectivity index (χ0n) is 10.0. The van der Waals surface area contributed by atoms with Crippen LogP contribution in [0.5, 0.6) is 0 Å². The number of amides is 1. The van der Waals surface area contributed by atoms with Crippen molar-refractivity contribution in [3.05, 3.63) is 0 Å². The maximum Gasteiger partial charge on any atom is 0.225 e. The minimum Gasteiger partial charge on any atom is -0.391 e. The van der Waals surface area contributed by atoms with Crippen LogP contribution < -0.4 is 0 Å². The van der Waals surface area contributed by atoms with Gasteiger partial charge < -0.3 is 10.0 Å². The van der Waals surface area contributed by atoms with E-state index in [2.05, 4.69) is 0 Å². The Bertz CT molecular complexity index is 234. The molecule has 3 heteroatoms. The summed E-state index contributed by atoms with van der Waals surface area (Å²) >= 11 is 0. The molecule has 0 radical (unpaired) electrons. The first-order valence-corrected chi connectivity index (χ1v) is 6.74. The number of nitrogens with zero attached hydrogens (tertiary/aromatic N) is 1. The largest absolute Gasteiger partial charge is 0.391 e. The minimum atomic E-state index is -0.280. The SMILES string of the molecule is O=C(C1CCCCCCC1)N1CCC(O)C1. The van der Waals surface area contributed by atoms with Gasteiger partial charge in [0.15, 0.2) is 0 Å². The molecule has 1 aliphatic heterocycles. The molecule has 1 heterocycles. The molecule has 0 aromatic heterocycles. The predicted octanol–water partition coefficient (Wildman–Crippen LogP) is 1.94. The Hall–Kier alpha value is -0.570. The Morgan fingerprint density at radius 1 is 1.00 bits per heavy atom. The molecular formula is C13H23NO2. The van der Waals surface area contributed by atoms with Gasteiger partial charge in [0.2, 0.25) is 5.91 Å². The lowest BCUT2D eigenvalue weighted by Crippen LogP contribution is -2.35. The van der Waals surface area contributed by atoms with E-state index in [-0.39, 0.29) is 12.0 Å². The van der Waals surface area contributed by atoms with Crippen LogP contribution in [0.2, 0.25) is 0 Å². The molecule has 2 aliphatic rings. The molecule has 1 saturated carbocycles. The third-order valence-electron chi connectivity index (χ3n) is 3.93. The van der Waals surface area contributed by atoms with E-state index >= 15 is 0 Å². The number of aliphatic hydroxyl groups is 1. The lowest BCUT2D eigenvalue weighted by molar-refractivity contribution is -0.135. The monoisotopic (exact) mass is 225 g/mol. The Kier molecular flexibility index (Phi) is 4.22. The van der Waals surface area contributed by atoms with E-state index < -0.39 is 0 Å². The number of likely N-dealkylation sites (tertiary alicyclic amines) is 1. The molecule has 0 bridgehead atoms. The number of aliphatic hydroxyl groups excluding tert-OH is 1. The number of hydrogen-bond acceptors (Lipinski definition) is 2. The van der Waals surface area contributed by atoms with Gasteiger partial charge in [-0.3, -0.25) is 4.79 Å². The Morgan fingerprint density at radius 3 is 2.19 bits per heavy atom. The van der Waals surface area contributed by atoms with Crippen molar-refractivity contribution in [2.45, 2.75) is 57.5 Å². The minimum absolute atomic E-state index is 0.241. The van der Waals surface area contributed by atoms with E-state index in [4.69, 9.17) is 0 Å². The summed E-state index contributed by atoms with van der Waals surface area (Å²) in [6.45, 7) is 1.33. The van der Waals surface area contributed by atoms with E-state index in [0.717, 1.165) is 25.8 Å². The Morgan fingerprint density at radius 2 is 1.62 bits per heavy atom. The normalized spacial score (nSPS) is 28.8. The van der Waals surface area contributed by atoms with Gasteiger partial charge in [-0.2, -0.15) is 0 Å². The van der Waals surface area contributed by atoms with E-state index in [9.17, 15) is 9.90 Å². The third-order valence-corrected chi connectivity index (χ3v) is 3.93. The van der Waals surface area contributed by atoms with E-state index in [1.54, 1.807) is 0 Å². The van der Waals surface area contributed by atoms with Gasteiger partial charge in [-0.05, 0) is 19.3 Å². The molecule has 0 spiro atoms. The zero-order chi connectivity index (χ0) is 11.4. The first kappa shape index (κ1) is 11.9. The van der Waals surface area contributed by atoms with Crippen LogP contribution >= 0.6 is 0 Å². The molecule has 1 N–H and O–H groups in total. The predicted molar refractivity (Wildman–Crippen MR) is 63.0 cm³/mol. The maximum absolute atomic E-state index is 12.2. The highest BCUT2D eigenvalue weighted by Gasteiger charge is 2.29. The molecule has 1 unspecified atom stereocenters. The molecule has 1 amide bonds. The molecule has 2 rings (SSSR count). The van der Waals surface area contributed by atoms with Gasteiger partial charge in [0.25, 0.3) is 0 Å². The average molecular weight is 225 g/mol. The maximum atomic E-state index is 12.2. The summed E-state index contributed by atoms with van der Waals surface area (Å²) < 4.78 is 0. The average Bonchev–Trinajstić information content (AvgIpc) is 2.63. The van der Waals surface area contributed by atoms with Crippen molar-refractivity contribution in [2.24, 2.45) is 5.92 Å². The molecule has 0 aromatic rings. The van der Waals surface area contributed by atoms with Gasteiger partial charge in [0.05, 0.1) is 6.10 Å². The number of carbonyl (C=O) groups is 1. The fourth-order valence-electron chi connectivity index (χ4n) is 2.90. The van der Waals surface area contributed by atoms with Crippen LogP contribution in [-0.2, 0) is 4.79 Å². The summed E-state index contributed by atoms with van der Waals surface area (Å²) in [5, 5.41) is 9.45. The van der Waals surface area contributed by atoms with Gasteiger partial charge >= 0.3 is 0 Å². The zero-order valence-corrected chi connectivity index (χ0v) is 10.0. The number of carbonyl (C=O) groups excluding carboxylic acids is 1. The van der Waals surface area contributed by atoms with Gasteiger partial charge in [0, 0.05) is 19.0 Å². The molecule has 1 atom stereocenters. The van der Waals surface area contributed by atoms with Gasteiger partial charge in [0.1, 0.15) is 0 Å². The molecular weight excluding hydrogens is 202 g/mol. The van der Waals surface area contributed by atoms with Gasteiger partial charge in [-0.15, -0.1) is 0 Å². The summed E-state index contributed by atoms with van der Waals surface area (Å²) in [4.78, 5) is 14.1. The molecule has 16 heavy (non-hydrogen) atoms. The molecule has 3 nitrogen and oxygen atoms in total. The number of hydrogen-bond donors (Lipinski definition) is 1. The van der Waals surface area contributed by atoms with Crippen molar-refractivity contribution in [3.8, 4) is 0 Å². The van der Waals surface area contributed by atoms with E-state index in [0.29, 0.717) is 12.5 Å². The highest BCUT2D eigenvalue weighted by molar-refractivity contribution is 5.79. The summed E-state index contributed by atoms with van der Waals surface area (Å²) in [5.74, 6) is 0.545. The standard InChI is InChI=1S/C13H23NO2/c15-12-8-9-14(10-12)13(16)11-6-4-2-1-3-5-7-11/h11-12,15H,1-10H2. The quantitative estimate of drug-likeness (QED) is 0.741. The second kappa shape index (κ2) is 5.67. The summed E-state index contributed by atoms with van der Waals surface area (Å²) in [5.41, 5.74) is 0. The topological polar surface area (TPSA) is 40.5 Å². The Labute approximate surface area is 97.8 Å². The van der Waals surface area contributed by atoms with Crippen LogP contribution in [-0.4, -0.2) is 35.1 Å². The highest BCUT2D eigenvalue weighted by Crippen LogP contribution is 2.25. The van der Waals surface area contributed by atoms with Crippen molar-refractivity contribution in [3.63, 3.8) is 0 Å². The smallest absolute Gasteiger partial charge is 0.225 e. The van der Waals surface area contributed by atoms with Crippen LogP contribution in [0, 0.1) is 5.92 Å². The first-order valence-electron chi connectivity index (χ1n) is 6.74. The second-order valence-corrected chi connectivity index (χ2v) is 5.27. The van der Waals surface area contributed by atoms with Crippen molar-refractivity contribution in [1.82, 2.24) is 4.90 Å². The molecule has 92 valence electrons. The number of β-amino-alcohol motifs (C(OH)–C–C–N with tert-alkyl or cyclic N) is 1. The molecule has 1 saturated heterocycles. The van der Waals surface area contributed by atoms with E-state index in [1.807, 2.05) is 4.90 Å². The molecule has 2 fully saturated rings. The third kappa shape index (κ3) is 2.97. The highest BCUT2D eigenvalue weighted by atomic mass is 16.3. The van der Waals surface area contributed by atoms with Crippen molar-refractivity contribution < 1.29 is 9.90 Å². The van der Waals surface area contributed by atoms with E-state index in [1.165, 1.54) is 32.1 Å². The lowest BCUT2D eigenvalue weighted by atomic mass is 9.90. The van der Waals surface area contributed by atoms with Gasteiger partial charge in [-0.25, -0.2) is 0 Å². The fraction of sp³-hybridized carbons (Fsp3) is 0.923. The van der Waals surface area contributed by atoms with Crippen molar-refractivity contribution in [1.29, 1.82) is 0 Å².